The molecule has 2 rings (SSSR count). The van der Waals surface area contributed by atoms with Crippen LogP contribution in [0.5, 0.6) is 6.01 Å². The van der Waals surface area contributed by atoms with Gasteiger partial charge in [-0.15, -0.1) is 6.58 Å². The maximum Gasteiger partial charge on any atom is 0.433 e. The Kier molecular flexibility index (Phi) is 5.57. The van der Waals surface area contributed by atoms with Crippen molar-refractivity contribution in [1.29, 1.82) is 0 Å². The zero-order valence-corrected chi connectivity index (χ0v) is 12.6. The van der Waals surface area contributed by atoms with Crippen molar-refractivity contribution in [3.05, 3.63) is 30.6 Å². The Labute approximate surface area is 132 Å². The number of alkyl halides is 3. The van der Waals surface area contributed by atoms with Gasteiger partial charge in [-0.1, -0.05) is 6.08 Å². The van der Waals surface area contributed by atoms with Crippen LogP contribution in [0.2, 0.25) is 0 Å². The molecule has 1 saturated heterocycles. The summed E-state index contributed by atoms with van der Waals surface area (Å²) in [6.45, 7) is 4.53. The maximum absolute atomic E-state index is 12.6. The third kappa shape index (κ3) is 4.94. The highest BCUT2D eigenvalue weighted by Gasteiger charge is 2.33. The van der Waals surface area contributed by atoms with Crippen molar-refractivity contribution in [3.63, 3.8) is 0 Å². The van der Waals surface area contributed by atoms with E-state index in [-0.39, 0.29) is 11.9 Å². The lowest BCUT2D eigenvalue weighted by atomic mass is 10.1. The largest absolute Gasteiger partial charge is 0.458 e. The van der Waals surface area contributed by atoms with Crippen LogP contribution >= 0.6 is 0 Å². The number of carbonyl (C=O) groups excluding carboxylic acids is 1. The molecule has 5 nitrogen and oxygen atoms in total. The van der Waals surface area contributed by atoms with Gasteiger partial charge in [0.1, 0.15) is 6.10 Å². The zero-order valence-electron chi connectivity index (χ0n) is 12.6. The first-order chi connectivity index (χ1) is 10.9. The van der Waals surface area contributed by atoms with Crippen LogP contribution in [0.15, 0.2) is 24.9 Å². The van der Waals surface area contributed by atoms with E-state index >= 15 is 0 Å². The predicted octanol–water partition coefficient (Wildman–Crippen LogP) is 2.83. The fourth-order valence-corrected chi connectivity index (χ4v) is 2.35. The Hall–Kier alpha value is -2.12. The first-order valence-corrected chi connectivity index (χ1v) is 7.35. The second-order valence-electron chi connectivity index (χ2n) is 5.27. The van der Waals surface area contributed by atoms with Crippen LogP contribution < -0.4 is 4.74 Å². The number of carbonyl (C=O) groups is 1. The Morgan fingerprint density at radius 2 is 2.30 bits per heavy atom. The van der Waals surface area contributed by atoms with E-state index in [0.717, 1.165) is 18.7 Å². The minimum absolute atomic E-state index is 0.0110. The third-order valence-corrected chi connectivity index (χ3v) is 3.49. The SMILES string of the molecule is C=CCCC(=O)N1CCCC(Oc2nccc(C(F)(F)F)n2)C1. The van der Waals surface area contributed by atoms with Crippen molar-refractivity contribution >= 4 is 5.91 Å². The average Bonchev–Trinajstić information content (AvgIpc) is 2.52. The molecule has 8 heteroatoms. The summed E-state index contributed by atoms with van der Waals surface area (Å²) in [7, 11) is 0. The molecule has 0 aliphatic carbocycles. The van der Waals surface area contributed by atoms with Crippen molar-refractivity contribution in [2.45, 2.75) is 38.0 Å². The molecule has 23 heavy (non-hydrogen) atoms. The number of hydrogen-bond acceptors (Lipinski definition) is 4. The van der Waals surface area contributed by atoms with Crippen molar-refractivity contribution < 1.29 is 22.7 Å². The fraction of sp³-hybridized carbons (Fsp3) is 0.533. The van der Waals surface area contributed by atoms with Crippen LogP contribution in [0.1, 0.15) is 31.4 Å². The highest BCUT2D eigenvalue weighted by Crippen LogP contribution is 2.28. The van der Waals surface area contributed by atoms with Crippen LogP contribution in [0.25, 0.3) is 0 Å². The van der Waals surface area contributed by atoms with Crippen molar-refractivity contribution in [2.75, 3.05) is 13.1 Å². The van der Waals surface area contributed by atoms with E-state index in [2.05, 4.69) is 16.5 Å². The second kappa shape index (κ2) is 7.43. The standard InChI is InChI=1S/C15H18F3N3O2/c1-2-3-6-13(22)21-9-4-5-11(10-21)23-14-19-8-7-12(20-14)15(16,17)18/h2,7-8,11H,1,3-6,9-10H2. The second-order valence-corrected chi connectivity index (χ2v) is 5.27. The number of hydrogen-bond donors (Lipinski definition) is 0. The van der Waals surface area contributed by atoms with E-state index in [1.807, 2.05) is 0 Å². The van der Waals surface area contributed by atoms with E-state index in [1.54, 1.807) is 11.0 Å². The number of allylic oxidation sites excluding steroid dienone is 1. The van der Waals surface area contributed by atoms with Gasteiger partial charge in [0.2, 0.25) is 5.91 Å². The molecule has 1 fully saturated rings. The predicted molar refractivity (Wildman–Crippen MR) is 76.7 cm³/mol. The van der Waals surface area contributed by atoms with Gasteiger partial charge in [0.15, 0.2) is 5.69 Å². The van der Waals surface area contributed by atoms with Gasteiger partial charge in [0, 0.05) is 19.2 Å². The van der Waals surface area contributed by atoms with Gasteiger partial charge in [0.25, 0.3) is 0 Å². The molecule has 2 heterocycles. The summed E-state index contributed by atoms with van der Waals surface area (Å²) in [5.41, 5.74) is -1.04. The van der Waals surface area contributed by atoms with E-state index in [0.29, 0.717) is 32.4 Å². The molecule has 1 aliphatic heterocycles. The number of rotatable bonds is 5. The lowest BCUT2D eigenvalue weighted by molar-refractivity contribution is -0.141. The smallest absolute Gasteiger partial charge is 0.433 e. The molecule has 0 spiro atoms. The minimum atomic E-state index is -4.54. The maximum atomic E-state index is 12.6. The van der Waals surface area contributed by atoms with Crippen LogP contribution in [0, 0.1) is 0 Å². The molecule has 0 saturated carbocycles. The number of aromatic nitrogens is 2. The van der Waals surface area contributed by atoms with E-state index in [4.69, 9.17) is 4.74 Å². The molecule has 126 valence electrons. The Morgan fingerprint density at radius 1 is 1.52 bits per heavy atom. The van der Waals surface area contributed by atoms with Gasteiger partial charge in [-0.2, -0.15) is 18.2 Å². The lowest BCUT2D eigenvalue weighted by Crippen LogP contribution is -2.44. The molecule has 0 aromatic carbocycles. The Morgan fingerprint density at radius 3 is 3.00 bits per heavy atom. The molecule has 1 aliphatic rings. The molecule has 0 bridgehead atoms. The van der Waals surface area contributed by atoms with Crippen LogP contribution in [0.3, 0.4) is 0 Å². The lowest BCUT2D eigenvalue weighted by Gasteiger charge is -2.32. The third-order valence-electron chi connectivity index (χ3n) is 3.49. The highest BCUT2D eigenvalue weighted by atomic mass is 19.4. The van der Waals surface area contributed by atoms with Gasteiger partial charge >= 0.3 is 12.2 Å². The van der Waals surface area contributed by atoms with Crippen LogP contribution in [-0.2, 0) is 11.0 Å². The van der Waals surface area contributed by atoms with E-state index in [9.17, 15) is 18.0 Å². The van der Waals surface area contributed by atoms with Crippen molar-refractivity contribution in [1.82, 2.24) is 14.9 Å². The minimum Gasteiger partial charge on any atom is -0.458 e. The summed E-state index contributed by atoms with van der Waals surface area (Å²) in [5.74, 6) is -0.0110. The van der Waals surface area contributed by atoms with Crippen molar-refractivity contribution in [2.24, 2.45) is 0 Å². The molecule has 1 aromatic rings. The molecule has 1 unspecified atom stereocenters. The molecule has 1 aromatic heterocycles. The summed E-state index contributed by atoms with van der Waals surface area (Å²) in [6, 6.07) is 0.476. The topological polar surface area (TPSA) is 55.3 Å². The molecular weight excluding hydrogens is 311 g/mol. The number of likely N-dealkylation sites (tertiary alicyclic amines) is 1. The first kappa shape index (κ1) is 17.2. The first-order valence-electron chi connectivity index (χ1n) is 7.35. The number of nitrogens with zero attached hydrogens (tertiary/aromatic N) is 3. The summed E-state index contributed by atoms with van der Waals surface area (Å²) in [6.07, 6.45) is 0.0791. The van der Waals surface area contributed by atoms with Gasteiger partial charge in [0.05, 0.1) is 6.54 Å². The zero-order chi connectivity index (χ0) is 16.9. The normalized spacial score (nSPS) is 18.6. The van der Waals surface area contributed by atoms with E-state index in [1.165, 1.54) is 0 Å². The molecule has 1 atom stereocenters. The van der Waals surface area contributed by atoms with Gasteiger partial charge < -0.3 is 9.64 Å². The Balaban J connectivity index is 1.97. The summed E-state index contributed by atoms with van der Waals surface area (Å²) >= 11 is 0. The number of ether oxygens (including phenoxy) is 1. The molecule has 0 radical (unpaired) electrons. The average molecular weight is 329 g/mol. The highest BCUT2D eigenvalue weighted by molar-refractivity contribution is 5.76. The Bertz CT molecular complexity index is 563. The molecular formula is C15H18F3N3O2. The van der Waals surface area contributed by atoms with Crippen LogP contribution in [-0.4, -0.2) is 40.0 Å². The van der Waals surface area contributed by atoms with Crippen molar-refractivity contribution in [3.8, 4) is 6.01 Å². The molecule has 1 amide bonds. The number of halogens is 3. The van der Waals surface area contributed by atoms with Crippen LogP contribution in [0.4, 0.5) is 13.2 Å². The van der Waals surface area contributed by atoms with E-state index < -0.39 is 18.0 Å². The summed E-state index contributed by atoms with van der Waals surface area (Å²) in [4.78, 5) is 20.7. The fourth-order valence-electron chi connectivity index (χ4n) is 2.35. The summed E-state index contributed by atoms with van der Waals surface area (Å²) in [5, 5.41) is 0. The quantitative estimate of drug-likeness (QED) is 0.780. The molecule has 0 N–H and O–H groups in total. The van der Waals surface area contributed by atoms with Gasteiger partial charge in [-0.05, 0) is 25.3 Å². The summed E-state index contributed by atoms with van der Waals surface area (Å²) < 4.78 is 43.3. The number of piperidine rings is 1. The monoisotopic (exact) mass is 329 g/mol. The number of amides is 1. The van der Waals surface area contributed by atoms with Gasteiger partial charge in [-0.3, -0.25) is 4.79 Å². The van der Waals surface area contributed by atoms with Gasteiger partial charge in [-0.25, -0.2) is 4.98 Å².